The second-order valence-electron chi connectivity index (χ2n) is 6.81. The van der Waals surface area contributed by atoms with E-state index in [1.807, 2.05) is 18.3 Å². The zero-order chi connectivity index (χ0) is 16.5. The number of thiazole rings is 1. The maximum absolute atomic E-state index is 4.89. The van der Waals surface area contributed by atoms with Gasteiger partial charge in [-0.25, -0.2) is 15.0 Å². The van der Waals surface area contributed by atoms with Crippen LogP contribution in [0.2, 0.25) is 0 Å². The summed E-state index contributed by atoms with van der Waals surface area (Å²) in [5.41, 5.74) is 3.87. The molecule has 0 radical (unpaired) electrons. The topological polar surface area (TPSA) is 53.9 Å². The normalized spacial score (nSPS) is 17.1. The summed E-state index contributed by atoms with van der Waals surface area (Å²) in [4.78, 5) is 18.1. The third-order valence-electron chi connectivity index (χ3n) is 4.90. The van der Waals surface area contributed by atoms with Gasteiger partial charge in [0.25, 0.3) is 0 Å². The van der Waals surface area contributed by atoms with Crippen molar-refractivity contribution in [2.45, 2.75) is 52.0 Å². The molecular weight excluding hydrogens is 318 g/mol. The molecule has 0 aromatic carbocycles. The molecule has 1 aliphatic heterocycles. The maximum atomic E-state index is 4.89. The fourth-order valence-corrected chi connectivity index (χ4v) is 4.92. The number of aryl methyl sites for hydroxylation is 3. The van der Waals surface area contributed by atoms with Gasteiger partial charge in [0.05, 0.1) is 17.9 Å². The number of aromatic nitrogens is 3. The molecule has 0 atom stereocenters. The van der Waals surface area contributed by atoms with Crippen LogP contribution in [0, 0.1) is 6.92 Å². The minimum absolute atomic E-state index is 0.841. The van der Waals surface area contributed by atoms with Crippen molar-refractivity contribution in [2.24, 2.45) is 0 Å². The van der Waals surface area contributed by atoms with Crippen LogP contribution in [0.25, 0.3) is 0 Å². The Bertz CT molecular complexity index is 716. The van der Waals surface area contributed by atoms with Crippen molar-refractivity contribution in [1.29, 1.82) is 0 Å². The highest BCUT2D eigenvalue weighted by molar-refractivity contribution is 7.11. The van der Waals surface area contributed by atoms with Gasteiger partial charge < -0.3 is 10.2 Å². The first kappa shape index (κ1) is 16.0. The van der Waals surface area contributed by atoms with E-state index in [0.717, 1.165) is 50.5 Å². The van der Waals surface area contributed by atoms with Crippen LogP contribution in [0.1, 0.15) is 45.5 Å². The molecule has 5 nitrogen and oxygen atoms in total. The molecule has 6 heteroatoms. The van der Waals surface area contributed by atoms with Crippen LogP contribution >= 0.6 is 11.3 Å². The largest absolute Gasteiger partial charge is 0.353 e. The lowest BCUT2D eigenvalue weighted by Gasteiger charge is -2.21. The van der Waals surface area contributed by atoms with Crippen LogP contribution in [-0.2, 0) is 32.2 Å². The highest BCUT2D eigenvalue weighted by Crippen LogP contribution is 2.29. The number of nitrogens with zero attached hydrogens (tertiary/aromatic N) is 4. The quantitative estimate of drug-likeness (QED) is 0.928. The summed E-state index contributed by atoms with van der Waals surface area (Å²) in [7, 11) is 2.14. The third kappa shape index (κ3) is 3.17. The molecule has 24 heavy (non-hydrogen) atoms. The van der Waals surface area contributed by atoms with Crippen molar-refractivity contribution >= 4 is 17.2 Å². The molecule has 1 N–H and O–H groups in total. The van der Waals surface area contributed by atoms with Crippen LogP contribution in [0.5, 0.6) is 0 Å². The van der Waals surface area contributed by atoms with Gasteiger partial charge in [0.1, 0.15) is 16.6 Å². The van der Waals surface area contributed by atoms with Crippen molar-refractivity contribution in [1.82, 2.24) is 20.3 Å². The molecule has 0 unspecified atom stereocenters. The number of rotatable bonds is 3. The Morgan fingerprint density at radius 1 is 1.00 bits per heavy atom. The molecule has 2 aromatic rings. The van der Waals surface area contributed by atoms with Crippen LogP contribution in [0.15, 0.2) is 0 Å². The Labute approximate surface area is 147 Å². The molecule has 0 bridgehead atoms. The standard InChI is InChI=1S/C18H25N5S/c1-12-20-14-8-10-19-9-7-13(14)18(21-12)23(2)11-17-22-15-5-3-4-6-16(15)24-17/h19H,3-11H2,1-2H3. The van der Waals surface area contributed by atoms with E-state index in [4.69, 9.17) is 9.97 Å². The Kier molecular flexibility index (Phi) is 4.50. The maximum Gasteiger partial charge on any atom is 0.135 e. The first-order chi connectivity index (χ1) is 11.7. The van der Waals surface area contributed by atoms with Gasteiger partial charge in [0, 0.05) is 30.5 Å². The van der Waals surface area contributed by atoms with Gasteiger partial charge in [-0.2, -0.15) is 0 Å². The fraction of sp³-hybridized carbons (Fsp3) is 0.611. The third-order valence-corrected chi connectivity index (χ3v) is 6.04. The monoisotopic (exact) mass is 343 g/mol. The fourth-order valence-electron chi connectivity index (χ4n) is 3.71. The second-order valence-corrected chi connectivity index (χ2v) is 7.98. The van der Waals surface area contributed by atoms with Gasteiger partial charge in [-0.05, 0) is 45.6 Å². The lowest BCUT2D eigenvalue weighted by Crippen LogP contribution is -2.22. The minimum Gasteiger partial charge on any atom is -0.353 e. The molecule has 0 saturated carbocycles. The first-order valence-corrected chi connectivity index (χ1v) is 9.78. The Morgan fingerprint density at radius 2 is 1.83 bits per heavy atom. The van der Waals surface area contributed by atoms with Crippen LogP contribution in [0.4, 0.5) is 5.82 Å². The van der Waals surface area contributed by atoms with E-state index in [-0.39, 0.29) is 0 Å². The smallest absolute Gasteiger partial charge is 0.135 e. The van der Waals surface area contributed by atoms with Crippen molar-refractivity contribution in [3.8, 4) is 0 Å². The summed E-state index contributed by atoms with van der Waals surface area (Å²) in [5.74, 6) is 1.96. The van der Waals surface area contributed by atoms with Gasteiger partial charge in [-0.15, -0.1) is 11.3 Å². The van der Waals surface area contributed by atoms with E-state index in [0.29, 0.717) is 0 Å². The summed E-state index contributed by atoms with van der Waals surface area (Å²) >= 11 is 1.90. The molecule has 3 heterocycles. The van der Waals surface area contributed by atoms with Crippen LogP contribution in [0.3, 0.4) is 0 Å². The molecule has 4 rings (SSSR count). The van der Waals surface area contributed by atoms with E-state index >= 15 is 0 Å². The molecule has 0 amide bonds. The van der Waals surface area contributed by atoms with Gasteiger partial charge in [0.15, 0.2) is 0 Å². The summed E-state index contributed by atoms with van der Waals surface area (Å²) in [6.45, 7) is 4.85. The Morgan fingerprint density at radius 3 is 2.71 bits per heavy atom. The van der Waals surface area contributed by atoms with Gasteiger partial charge in [-0.3, -0.25) is 0 Å². The first-order valence-electron chi connectivity index (χ1n) is 8.96. The van der Waals surface area contributed by atoms with Gasteiger partial charge >= 0.3 is 0 Å². The summed E-state index contributed by atoms with van der Waals surface area (Å²) in [6, 6.07) is 0. The number of hydrogen-bond acceptors (Lipinski definition) is 6. The Balaban J connectivity index is 1.61. The SMILES string of the molecule is Cc1nc2c(c(N(C)Cc3nc4c(s3)CCCC4)n1)CCNCC2. The number of fused-ring (bicyclic) bond motifs is 2. The molecule has 2 aromatic heterocycles. The number of anilines is 1. The average Bonchev–Trinajstić information content (AvgIpc) is 2.82. The summed E-state index contributed by atoms with van der Waals surface area (Å²) in [6.07, 6.45) is 6.97. The number of nitrogens with one attached hydrogen (secondary N) is 1. The van der Waals surface area contributed by atoms with Crippen molar-refractivity contribution < 1.29 is 0 Å². The minimum atomic E-state index is 0.841. The van der Waals surface area contributed by atoms with E-state index in [1.54, 1.807) is 0 Å². The lowest BCUT2D eigenvalue weighted by atomic mass is 10.0. The molecule has 1 aliphatic carbocycles. The van der Waals surface area contributed by atoms with E-state index in [9.17, 15) is 0 Å². The molecule has 128 valence electrons. The average molecular weight is 344 g/mol. The summed E-state index contributed by atoms with van der Waals surface area (Å²) in [5, 5.41) is 4.69. The zero-order valence-corrected chi connectivity index (χ0v) is 15.4. The Hall–Kier alpha value is -1.53. The number of hydrogen-bond donors (Lipinski definition) is 1. The molecule has 0 fully saturated rings. The van der Waals surface area contributed by atoms with Crippen molar-refractivity contribution in [2.75, 3.05) is 25.0 Å². The highest BCUT2D eigenvalue weighted by Gasteiger charge is 2.20. The lowest BCUT2D eigenvalue weighted by molar-refractivity contribution is 0.680. The molecule has 0 saturated heterocycles. The molecule has 0 spiro atoms. The van der Waals surface area contributed by atoms with Crippen LogP contribution in [-0.4, -0.2) is 35.1 Å². The van der Waals surface area contributed by atoms with E-state index < -0.39 is 0 Å². The predicted octanol–water partition coefficient (Wildman–Crippen LogP) is 2.44. The molecule has 2 aliphatic rings. The van der Waals surface area contributed by atoms with Gasteiger partial charge in [0.2, 0.25) is 0 Å². The predicted molar refractivity (Wildman–Crippen MR) is 97.9 cm³/mol. The summed E-state index contributed by atoms with van der Waals surface area (Å²) < 4.78 is 0. The van der Waals surface area contributed by atoms with Gasteiger partial charge in [-0.1, -0.05) is 0 Å². The van der Waals surface area contributed by atoms with E-state index in [2.05, 4.69) is 22.2 Å². The van der Waals surface area contributed by atoms with Crippen molar-refractivity contribution in [3.63, 3.8) is 0 Å². The molecular formula is C18H25N5S. The zero-order valence-electron chi connectivity index (χ0n) is 14.6. The van der Waals surface area contributed by atoms with Crippen LogP contribution < -0.4 is 10.2 Å². The van der Waals surface area contributed by atoms with Crippen molar-refractivity contribution in [3.05, 3.63) is 32.7 Å². The van der Waals surface area contributed by atoms with E-state index in [1.165, 1.54) is 46.1 Å². The highest BCUT2D eigenvalue weighted by atomic mass is 32.1. The second kappa shape index (κ2) is 6.76.